The second-order valence-electron chi connectivity index (χ2n) is 2.80. The predicted molar refractivity (Wildman–Crippen MR) is 55.0 cm³/mol. The van der Waals surface area contributed by atoms with Crippen molar-refractivity contribution >= 4 is 28.6 Å². The number of rotatable bonds is 3. The maximum Gasteiger partial charge on any atom is 0.337 e. The lowest BCUT2D eigenvalue weighted by Crippen LogP contribution is -2.28. The van der Waals surface area contributed by atoms with Gasteiger partial charge in [-0.25, -0.2) is 4.79 Å². The zero-order chi connectivity index (χ0) is 9.78. The predicted octanol–water partition coefficient (Wildman–Crippen LogP) is 1.64. The molecule has 0 aliphatic carbocycles. The molecule has 3 nitrogen and oxygen atoms in total. The van der Waals surface area contributed by atoms with E-state index in [-0.39, 0.29) is 5.57 Å². The Balaban J connectivity index is 4.49. The molecule has 0 aromatic heterocycles. The number of aliphatic hydroxyl groups is 1. The molecular formula is C8H13IO3. The van der Waals surface area contributed by atoms with Crippen molar-refractivity contribution in [2.75, 3.05) is 6.61 Å². The molecule has 0 aromatic carbocycles. The van der Waals surface area contributed by atoms with Gasteiger partial charge in [0.2, 0.25) is 0 Å². The van der Waals surface area contributed by atoms with E-state index in [4.69, 9.17) is 4.74 Å². The lowest BCUT2D eigenvalue weighted by Gasteiger charge is -2.18. The van der Waals surface area contributed by atoms with Gasteiger partial charge in [0.05, 0.1) is 17.8 Å². The van der Waals surface area contributed by atoms with Gasteiger partial charge in [-0.3, -0.25) is 0 Å². The van der Waals surface area contributed by atoms with Crippen molar-refractivity contribution in [2.24, 2.45) is 0 Å². The van der Waals surface area contributed by atoms with Gasteiger partial charge in [0.1, 0.15) is 0 Å². The first kappa shape index (κ1) is 11.9. The molecule has 0 spiro atoms. The van der Waals surface area contributed by atoms with Gasteiger partial charge in [-0.05, 0) is 24.9 Å². The van der Waals surface area contributed by atoms with E-state index in [0.717, 1.165) is 0 Å². The van der Waals surface area contributed by atoms with Gasteiger partial charge in [-0.15, -0.1) is 0 Å². The average Bonchev–Trinajstić information content (AvgIpc) is 1.85. The molecule has 70 valence electrons. The molecule has 0 rings (SSSR count). The van der Waals surface area contributed by atoms with Crippen molar-refractivity contribution in [3.63, 3.8) is 0 Å². The highest BCUT2D eigenvalue weighted by molar-refractivity contribution is 14.1. The summed E-state index contributed by atoms with van der Waals surface area (Å²) in [4.78, 5) is 11.2. The second-order valence-corrected chi connectivity index (χ2v) is 3.43. The van der Waals surface area contributed by atoms with E-state index in [1.165, 1.54) is 4.08 Å². The van der Waals surface area contributed by atoms with Gasteiger partial charge >= 0.3 is 5.97 Å². The highest BCUT2D eigenvalue weighted by atomic mass is 127. The smallest absolute Gasteiger partial charge is 0.337 e. The quantitative estimate of drug-likeness (QED) is 0.487. The van der Waals surface area contributed by atoms with Gasteiger partial charge in [0.25, 0.3) is 0 Å². The molecule has 0 aliphatic rings. The van der Waals surface area contributed by atoms with Gasteiger partial charge < -0.3 is 9.84 Å². The molecule has 0 unspecified atom stereocenters. The summed E-state index contributed by atoms with van der Waals surface area (Å²) in [5.74, 6) is -0.459. The Hall–Kier alpha value is -0.100. The molecule has 1 N–H and O–H groups in total. The highest BCUT2D eigenvalue weighted by Crippen LogP contribution is 2.18. The first-order valence-electron chi connectivity index (χ1n) is 3.63. The maximum absolute atomic E-state index is 11.2. The van der Waals surface area contributed by atoms with Crippen LogP contribution in [0, 0.1) is 0 Å². The monoisotopic (exact) mass is 284 g/mol. The van der Waals surface area contributed by atoms with Crippen LogP contribution in [0.3, 0.4) is 0 Å². The van der Waals surface area contributed by atoms with Crippen LogP contribution >= 0.6 is 22.6 Å². The SMILES string of the molecule is CCOC(=O)C(=CI)C(C)(C)O. The van der Waals surface area contributed by atoms with E-state index in [1.54, 1.807) is 20.8 Å². The van der Waals surface area contributed by atoms with E-state index in [0.29, 0.717) is 6.61 Å². The molecule has 0 amide bonds. The molecule has 0 atom stereocenters. The normalized spacial score (nSPS) is 12.9. The summed E-state index contributed by atoms with van der Waals surface area (Å²) in [6.45, 7) is 5.15. The first-order chi connectivity index (χ1) is 5.43. The summed E-state index contributed by atoms with van der Waals surface area (Å²) in [6, 6.07) is 0. The van der Waals surface area contributed by atoms with Crippen molar-refractivity contribution in [3.05, 3.63) is 9.66 Å². The number of carbonyl (C=O) groups is 1. The van der Waals surface area contributed by atoms with E-state index < -0.39 is 11.6 Å². The van der Waals surface area contributed by atoms with E-state index in [1.807, 2.05) is 22.6 Å². The van der Waals surface area contributed by atoms with Crippen molar-refractivity contribution in [3.8, 4) is 0 Å². The third-order valence-electron chi connectivity index (χ3n) is 1.26. The molecule has 0 heterocycles. The van der Waals surface area contributed by atoms with Crippen LogP contribution in [0.4, 0.5) is 0 Å². The molecule has 0 bridgehead atoms. The first-order valence-corrected chi connectivity index (χ1v) is 4.88. The number of hydrogen-bond acceptors (Lipinski definition) is 3. The summed E-state index contributed by atoms with van der Waals surface area (Å²) >= 11 is 1.91. The van der Waals surface area contributed by atoms with Gasteiger partial charge in [-0.1, -0.05) is 22.6 Å². The number of halogens is 1. The fourth-order valence-corrected chi connectivity index (χ4v) is 1.65. The van der Waals surface area contributed by atoms with Crippen molar-refractivity contribution < 1.29 is 14.6 Å². The van der Waals surface area contributed by atoms with Gasteiger partial charge in [0, 0.05) is 0 Å². The fraction of sp³-hybridized carbons (Fsp3) is 0.625. The van der Waals surface area contributed by atoms with Crippen LogP contribution in [0.25, 0.3) is 0 Å². The molecule has 0 radical (unpaired) electrons. The molecule has 4 heteroatoms. The Morgan fingerprint density at radius 3 is 2.42 bits per heavy atom. The number of ether oxygens (including phenoxy) is 1. The summed E-state index contributed by atoms with van der Waals surface area (Å²) < 4.78 is 6.29. The molecular weight excluding hydrogens is 271 g/mol. The zero-order valence-corrected chi connectivity index (χ0v) is 9.58. The summed E-state index contributed by atoms with van der Waals surface area (Å²) in [6.07, 6.45) is 0. The standard InChI is InChI=1S/C8H13IO3/c1-4-12-7(10)6(5-9)8(2,3)11/h5,11H,4H2,1-3H3. The minimum absolute atomic E-state index is 0.282. The van der Waals surface area contributed by atoms with Crippen molar-refractivity contribution in [1.82, 2.24) is 0 Å². The number of carbonyl (C=O) groups excluding carboxylic acids is 1. The largest absolute Gasteiger partial charge is 0.463 e. The molecule has 0 aromatic rings. The van der Waals surface area contributed by atoms with Gasteiger partial charge in [-0.2, -0.15) is 0 Å². The van der Waals surface area contributed by atoms with Crippen LogP contribution in [-0.2, 0) is 9.53 Å². The van der Waals surface area contributed by atoms with Crippen LogP contribution in [0.15, 0.2) is 9.66 Å². The van der Waals surface area contributed by atoms with Crippen LogP contribution in [0.2, 0.25) is 0 Å². The molecule has 0 aliphatic heterocycles. The highest BCUT2D eigenvalue weighted by Gasteiger charge is 2.26. The van der Waals surface area contributed by atoms with E-state index >= 15 is 0 Å². The Morgan fingerprint density at radius 1 is 1.67 bits per heavy atom. The third-order valence-corrected chi connectivity index (χ3v) is 1.89. The minimum atomic E-state index is -1.13. The fourth-order valence-electron chi connectivity index (χ4n) is 0.637. The Labute approximate surface area is 85.9 Å². The summed E-state index contributed by atoms with van der Waals surface area (Å²) in [5, 5.41) is 9.50. The van der Waals surface area contributed by atoms with Crippen LogP contribution in [-0.4, -0.2) is 23.3 Å². The number of hydrogen-bond donors (Lipinski definition) is 1. The summed E-state index contributed by atoms with van der Waals surface area (Å²) in [5.41, 5.74) is -0.849. The van der Waals surface area contributed by atoms with Crippen LogP contribution in [0.1, 0.15) is 20.8 Å². The van der Waals surface area contributed by atoms with Crippen LogP contribution in [0.5, 0.6) is 0 Å². The van der Waals surface area contributed by atoms with Crippen molar-refractivity contribution in [1.29, 1.82) is 0 Å². The lowest BCUT2D eigenvalue weighted by molar-refractivity contribution is -0.140. The minimum Gasteiger partial charge on any atom is -0.463 e. The van der Waals surface area contributed by atoms with E-state index in [2.05, 4.69) is 0 Å². The second kappa shape index (κ2) is 4.81. The molecule has 0 saturated heterocycles. The molecule has 0 fully saturated rings. The Kier molecular flexibility index (Phi) is 4.77. The molecule has 0 saturated carbocycles. The topological polar surface area (TPSA) is 46.5 Å². The Morgan fingerprint density at radius 2 is 2.17 bits per heavy atom. The van der Waals surface area contributed by atoms with E-state index in [9.17, 15) is 9.90 Å². The summed E-state index contributed by atoms with van der Waals surface area (Å²) in [7, 11) is 0. The van der Waals surface area contributed by atoms with Crippen LogP contribution < -0.4 is 0 Å². The third kappa shape index (κ3) is 3.53. The lowest BCUT2D eigenvalue weighted by atomic mass is 10.0. The average molecular weight is 284 g/mol. The number of esters is 1. The maximum atomic E-state index is 11.2. The van der Waals surface area contributed by atoms with Gasteiger partial charge in [0.15, 0.2) is 0 Å². The Bertz CT molecular complexity index is 191. The van der Waals surface area contributed by atoms with Crippen molar-refractivity contribution in [2.45, 2.75) is 26.4 Å². The zero-order valence-electron chi connectivity index (χ0n) is 7.43. The molecule has 12 heavy (non-hydrogen) atoms.